The highest BCUT2D eigenvalue weighted by molar-refractivity contribution is 5.15. The molecule has 0 spiro atoms. The van der Waals surface area contributed by atoms with Crippen molar-refractivity contribution in [3.8, 4) is 0 Å². The van der Waals surface area contributed by atoms with Gasteiger partial charge in [-0.15, -0.1) is 0 Å². The van der Waals surface area contributed by atoms with Crippen LogP contribution in [-0.4, -0.2) is 37.3 Å². The summed E-state index contributed by atoms with van der Waals surface area (Å²) in [6.45, 7) is 1.88. The number of rotatable bonds is 9. The molecule has 2 heterocycles. The number of benzene rings is 3. The molecule has 0 aliphatic carbocycles. The lowest BCUT2D eigenvalue weighted by atomic mass is 10.00. The van der Waals surface area contributed by atoms with Crippen molar-refractivity contribution in [2.45, 2.75) is 50.5 Å². The van der Waals surface area contributed by atoms with Gasteiger partial charge in [-0.25, -0.2) is 0 Å². The Bertz CT molecular complexity index is 892. The van der Waals surface area contributed by atoms with Crippen LogP contribution in [0.25, 0.3) is 0 Å². The molecule has 0 aromatic heterocycles. The van der Waals surface area contributed by atoms with Crippen LogP contribution in [0.3, 0.4) is 0 Å². The van der Waals surface area contributed by atoms with Gasteiger partial charge in [-0.2, -0.15) is 0 Å². The van der Waals surface area contributed by atoms with E-state index in [2.05, 4.69) is 24.3 Å². The van der Waals surface area contributed by atoms with Gasteiger partial charge in [0.2, 0.25) is 0 Å². The van der Waals surface area contributed by atoms with E-state index in [0.717, 1.165) is 16.7 Å². The quantitative estimate of drug-likeness (QED) is 0.498. The molecule has 5 nitrogen and oxygen atoms in total. The monoisotopic (exact) mass is 432 g/mol. The summed E-state index contributed by atoms with van der Waals surface area (Å²) < 4.78 is 31.2. The zero-order valence-electron chi connectivity index (χ0n) is 17.9. The first-order valence-corrected chi connectivity index (χ1v) is 11.1. The number of hydrogen-bond donors (Lipinski definition) is 0. The Morgan fingerprint density at radius 3 is 1.50 bits per heavy atom. The first kappa shape index (κ1) is 21.3. The van der Waals surface area contributed by atoms with Gasteiger partial charge in [-0.3, -0.25) is 0 Å². The lowest BCUT2D eigenvalue weighted by molar-refractivity contribution is -0.268. The summed E-state index contributed by atoms with van der Waals surface area (Å²) in [5.74, 6) is 0. The Hall–Kier alpha value is -2.54. The summed E-state index contributed by atoms with van der Waals surface area (Å²) in [5.41, 5.74) is 3.31. The van der Waals surface area contributed by atoms with E-state index in [1.807, 2.05) is 66.7 Å². The Kier molecular flexibility index (Phi) is 6.92. The van der Waals surface area contributed by atoms with Crippen LogP contribution in [0.5, 0.6) is 0 Å². The maximum Gasteiger partial charge on any atom is 0.187 e. The second-order valence-electron chi connectivity index (χ2n) is 8.16. The van der Waals surface area contributed by atoms with E-state index in [1.165, 1.54) is 0 Å². The molecule has 0 N–H and O–H groups in total. The average Bonchev–Trinajstić information content (AvgIpc) is 3.29. The summed E-state index contributed by atoms with van der Waals surface area (Å²) in [6.07, 6.45) is -1.63. The van der Waals surface area contributed by atoms with E-state index in [-0.39, 0.29) is 18.3 Å². The van der Waals surface area contributed by atoms with Crippen molar-refractivity contribution in [3.63, 3.8) is 0 Å². The molecule has 32 heavy (non-hydrogen) atoms. The Morgan fingerprint density at radius 2 is 1.00 bits per heavy atom. The Morgan fingerprint density at radius 1 is 0.562 bits per heavy atom. The van der Waals surface area contributed by atoms with Crippen LogP contribution in [0.4, 0.5) is 0 Å². The highest BCUT2D eigenvalue weighted by Crippen LogP contribution is 2.35. The maximum absolute atomic E-state index is 6.44. The smallest absolute Gasteiger partial charge is 0.187 e. The van der Waals surface area contributed by atoms with Crippen LogP contribution in [-0.2, 0) is 43.5 Å². The lowest BCUT2D eigenvalue weighted by Crippen LogP contribution is -2.56. The van der Waals surface area contributed by atoms with E-state index in [0.29, 0.717) is 26.4 Å². The van der Waals surface area contributed by atoms with Crippen molar-refractivity contribution in [3.05, 3.63) is 108 Å². The van der Waals surface area contributed by atoms with Crippen molar-refractivity contribution in [2.75, 3.05) is 6.61 Å². The molecule has 5 unspecified atom stereocenters. The van der Waals surface area contributed by atoms with E-state index in [9.17, 15) is 0 Å². The molecule has 3 aromatic carbocycles. The van der Waals surface area contributed by atoms with Gasteiger partial charge in [-0.1, -0.05) is 91.0 Å². The Labute approximate surface area is 188 Å². The van der Waals surface area contributed by atoms with Gasteiger partial charge in [0.25, 0.3) is 0 Å². The van der Waals surface area contributed by atoms with Crippen molar-refractivity contribution in [1.82, 2.24) is 0 Å². The molecule has 2 fully saturated rings. The molecular formula is C27H28O5. The molecule has 2 aliphatic heterocycles. The molecule has 166 valence electrons. The van der Waals surface area contributed by atoms with E-state index in [1.54, 1.807) is 0 Å². The summed E-state index contributed by atoms with van der Waals surface area (Å²) in [6, 6.07) is 30.4. The molecule has 5 rings (SSSR count). The standard InChI is InChI=1S/C27H28O5/c1-4-10-20(11-5-1)16-28-24-23-19-31-27(32-23)26(30-18-22-14-8-3-9-15-22)25(24)29-17-21-12-6-2-7-13-21/h1-15,23-27H,16-19H2. The number of hydrogen-bond acceptors (Lipinski definition) is 5. The highest BCUT2D eigenvalue weighted by Gasteiger charge is 2.52. The summed E-state index contributed by atoms with van der Waals surface area (Å²) in [4.78, 5) is 0. The van der Waals surface area contributed by atoms with Crippen molar-refractivity contribution in [2.24, 2.45) is 0 Å². The number of ether oxygens (including phenoxy) is 5. The fraction of sp³-hybridized carbons (Fsp3) is 0.333. The van der Waals surface area contributed by atoms with E-state index >= 15 is 0 Å². The number of fused-ring (bicyclic) bond motifs is 2. The van der Waals surface area contributed by atoms with Crippen molar-refractivity contribution >= 4 is 0 Å². The minimum Gasteiger partial charge on any atom is -0.368 e. The van der Waals surface area contributed by atoms with Crippen LogP contribution >= 0.6 is 0 Å². The molecule has 3 aromatic rings. The third-order valence-electron chi connectivity index (χ3n) is 5.87. The van der Waals surface area contributed by atoms with Gasteiger partial charge in [0, 0.05) is 0 Å². The SMILES string of the molecule is c1ccc(COC2C3COC(O3)C(OCc3ccccc3)C2OCc2ccccc2)cc1. The van der Waals surface area contributed by atoms with Crippen LogP contribution in [0, 0.1) is 0 Å². The van der Waals surface area contributed by atoms with Crippen molar-refractivity contribution in [1.29, 1.82) is 0 Å². The molecule has 0 amide bonds. The normalized spacial score (nSPS) is 26.8. The van der Waals surface area contributed by atoms with Crippen LogP contribution in [0.15, 0.2) is 91.0 Å². The van der Waals surface area contributed by atoms with Crippen LogP contribution < -0.4 is 0 Å². The molecular weight excluding hydrogens is 404 g/mol. The molecule has 5 heteroatoms. The molecule has 2 aliphatic rings. The minimum absolute atomic E-state index is 0.180. The maximum atomic E-state index is 6.44. The van der Waals surface area contributed by atoms with Crippen LogP contribution in [0.1, 0.15) is 16.7 Å². The largest absolute Gasteiger partial charge is 0.368 e. The predicted molar refractivity (Wildman–Crippen MR) is 120 cm³/mol. The average molecular weight is 433 g/mol. The molecule has 0 radical (unpaired) electrons. The third-order valence-corrected chi connectivity index (χ3v) is 5.87. The molecule has 2 saturated heterocycles. The minimum atomic E-state index is -0.457. The van der Waals surface area contributed by atoms with Gasteiger partial charge in [0.05, 0.1) is 26.4 Å². The zero-order chi connectivity index (χ0) is 21.6. The predicted octanol–water partition coefficient (Wildman–Crippen LogP) is 4.50. The first-order valence-electron chi connectivity index (χ1n) is 11.1. The summed E-state index contributed by atoms with van der Waals surface area (Å²) in [5, 5.41) is 0. The highest BCUT2D eigenvalue weighted by atomic mass is 16.8. The van der Waals surface area contributed by atoms with Gasteiger partial charge in [-0.05, 0) is 16.7 Å². The second-order valence-corrected chi connectivity index (χ2v) is 8.16. The van der Waals surface area contributed by atoms with E-state index < -0.39 is 12.4 Å². The van der Waals surface area contributed by atoms with Gasteiger partial charge >= 0.3 is 0 Å². The summed E-state index contributed by atoms with van der Waals surface area (Å²) >= 11 is 0. The van der Waals surface area contributed by atoms with Gasteiger partial charge in [0.1, 0.15) is 24.4 Å². The fourth-order valence-electron chi connectivity index (χ4n) is 4.20. The summed E-state index contributed by atoms with van der Waals surface area (Å²) in [7, 11) is 0. The van der Waals surface area contributed by atoms with Gasteiger partial charge in [0.15, 0.2) is 6.29 Å². The van der Waals surface area contributed by atoms with Crippen LogP contribution in [0.2, 0.25) is 0 Å². The molecule has 5 atom stereocenters. The van der Waals surface area contributed by atoms with E-state index in [4.69, 9.17) is 23.7 Å². The fourth-order valence-corrected chi connectivity index (χ4v) is 4.20. The molecule has 2 bridgehead atoms. The van der Waals surface area contributed by atoms with Crippen molar-refractivity contribution < 1.29 is 23.7 Å². The topological polar surface area (TPSA) is 46.2 Å². The first-order chi connectivity index (χ1) is 15.9. The zero-order valence-corrected chi connectivity index (χ0v) is 17.9. The van der Waals surface area contributed by atoms with Gasteiger partial charge < -0.3 is 23.7 Å². The molecule has 0 saturated carbocycles. The second kappa shape index (κ2) is 10.4. The lowest BCUT2D eigenvalue weighted by Gasteiger charge is -2.40. The third kappa shape index (κ3) is 5.09. The Balaban J connectivity index is 1.33.